The predicted molar refractivity (Wildman–Crippen MR) is 81.8 cm³/mol. The van der Waals surface area contributed by atoms with Gasteiger partial charge in [0.2, 0.25) is 5.91 Å². The van der Waals surface area contributed by atoms with Crippen LogP contribution in [0.1, 0.15) is 16.8 Å². The molecule has 0 atom stereocenters. The number of likely N-dealkylation sites (N-methyl/N-ethyl adjacent to an activating group) is 1. The number of carbonyl (C=O) groups excluding carboxylic acids is 2. The molecular weight excluding hydrogens is 304 g/mol. The second-order valence-corrected chi connectivity index (χ2v) is 4.71. The summed E-state index contributed by atoms with van der Waals surface area (Å²) in [7, 11) is 4.43. The van der Waals surface area contributed by atoms with Crippen molar-refractivity contribution < 1.29 is 29.0 Å². The van der Waals surface area contributed by atoms with Crippen LogP contribution in [0.25, 0.3) is 0 Å². The fraction of sp³-hybridized carbons (Fsp3) is 0.400. The molecule has 126 valence electrons. The van der Waals surface area contributed by atoms with Crippen molar-refractivity contribution in [2.24, 2.45) is 0 Å². The van der Waals surface area contributed by atoms with E-state index in [1.165, 1.54) is 32.2 Å². The molecule has 2 amide bonds. The summed E-state index contributed by atoms with van der Waals surface area (Å²) >= 11 is 0. The first-order valence-corrected chi connectivity index (χ1v) is 6.85. The smallest absolute Gasteiger partial charge is 0.305 e. The zero-order chi connectivity index (χ0) is 17.4. The van der Waals surface area contributed by atoms with Crippen LogP contribution in [-0.4, -0.2) is 62.1 Å². The van der Waals surface area contributed by atoms with E-state index in [2.05, 4.69) is 5.32 Å². The molecule has 0 aliphatic heterocycles. The van der Waals surface area contributed by atoms with Gasteiger partial charge in [0.15, 0.2) is 11.5 Å². The number of benzene rings is 1. The fourth-order valence-electron chi connectivity index (χ4n) is 1.76. The maximum Gasteiger partial charge on any atom is 0.305 e. The molecule has 0 aliphatic rings. The maximum atomic E-state index is 12.0. The molecule has 0 unspecified atom stereocenters. The van der Waals surface area contributed by atoms with Gasteiger partial charge in [-0.25, -0.2) is 0 Å². The normalized spacial score (nSPS) is 9.87. The number of nitrogens with zero attached hydrogens (tertiary/aromatic N) is 1. The molecule has 0 bridgehead atoms. The van der Waals surface area contributed by atoms with Crippen LogP contribution in [0.3, 0.4) is 0 Å². The molecule has 1 aromatic carbocycles. The summed E-state index contributed by atoms with van der Waals surface area (Å²) in [6.45, 7) is -0.135. The number of carboxylic acids is 1. The molecule has 1 rings (SSSR count). The predicted octanol–water partition coefficient (Wildman–Crippen LogP) is 0.367. The van der Waals surface area contributed by atoms with Gasteiger partial charge in [0.25, 0.3) is 5.91 Å². The number of carbonyl (C=O) groups is 3. The van der Waals surface area contributed by atoms with Crippen molar-refractivity contribution in [1.82, 2.24) is 10.2 Å². The van der Waals surface area contributed by atoms with Gasteiger partial charge in [-0.3, -0.25) is 14.4 Å². The number of methoxy groups -OCH3 is 2. The van der Waals surface area contributed by atoms with Crippen molar-refractivity contribution >= 4 is 17.8 Å². The number of carboxylic acid groups (broad SMARTS) is 1. The molecule has 0 spiro atoms. The first-order chi connectivity index (χ1) is 10.9. The number of hydrogen-bond acceptors (Lipinski definition) is 5. The summed E-state index contributed by atoms with van der Waals surface area (Å²) in [5.74, 6) is -0.899. The van der Waals surface area contributed by atoms with E-state index in [4.69, 9.17) is 14.6 Å². The first kappa shape index (κ1) is 18.3. The Balaban J connectivity index is 2.59. The van der Waals surface area contributed by atoms with Gasteiger partial charge in [-0.05, 0) is 18.2 Å². The van der Waals surface area contributed by atoms with Crippen LogP contribution in [0.4, 0.5) is 0 Å². The lowest BCUT2D eigenvalue weighted by Gasteiger charge is -2.16. The summed E-state index contributed by atoms with van der Waals surface area (Å²) in [4.78, 5) is 35.5. The number of rotatable bonds is 8. The molecule has 8 heteroatoms. The number of hydrogen-bond donors (Lipinski definition) is 2. The average molecular weight is 324 g/mol. The molecule has 0 heterocycles. The van der Waals surface area contributed by atoms with E-state index in [0.29, 0.717) is 17.1 Å². The van der Waals surface area contributed by atoms with Gasteiger partial charge in [0.05, 0.1) is 27.2 Å². The maximum absolute atomic E-state index is 12.0. The molecule has 23 heavy (non-hydrogen) atoms. The van der Waals surface area contributed by atoms with Gasteiger partial charge < -0.3 is 24.8 Å². The van der Waals surface area contributed by atoms with E-state index in [-0.39, 0.29) is 25.4 Å². The van der Waals surface area contributed by atoms with Crippen LogP contribution in [0, 0.1) is 0 Å². The third-order valence-electron chi connectivity index (χ3n) is 3.13. The van der Waals surface area contributed by atoms with Gasteiger partial charge in [-0.2, -0.15) is 0 Å². The molecule has 0 saturated heterocycles. The first-order valence-electron chi connectivity index (χ1n) is 6.85. The van der Waals surface area contributed by atoms with E-state index < -0.39 is 11.9 Å². The second-order valence-electron chi connectivity index (χ2n) is 4.71. The highest BCUT2D eigenvalue weighted by Crippen LogP contribution is 2.27. The quantitative estimate of drug-likeness (QED) is 0.715. The lowest BCUT2D eigenvalue weighted by Crippen LogP contribution is -2.39. The Hall–Kier alpha value is -2.77. The van der Waals surface area contributed by atoms with E-state index in [9.17, 15) is 14.4 Å². The Kier molecular flexibility index (Phi) is 6.85. The van der Waals surface area contributed by atoms with Crippen molar-refractivity contribution in [3.63, 3.8) is 0 Å². The van der Waals surface area contributed by atoms with Gasteiger partial charge in [-0.15, -0.1) is 0 Å². The number of ether oxygens (including phenoxy) is 2. The summed E-state index contributed by atoms with van der Waals surface area (Å²) in [5.41, 5.74) is 0.323. The minimum atomic E-state index is -0.987. The van der Waals surface area contributed by atoms with E-state index in [1.807, 2.05) is 0 Å². The third-order valence-corrected chi connectivity index (χ3v) is 3.13. The highest BCUT2D eigenvalue weighted by atomic mass is 16.5. The van der Waals surface area contributed by atoms with Gasteiger partial charge >= 0.3 is 5.97 Å². The standard InChI is InChI=1S/C15H20N2O6/c1-17(7-6-14(19)20)13(18)9-16-15(21)10-4-5-11(22-2)12(8-10)23-3/h4-5,8H,6-7,9H2,1-3H3,(H,16,21)(H,19,20). The number of nitrogens with one attached hydrogen (secondary N) is 1. The van der Waals surface area contributed by atoms with Gasteiger partial charge in [-0.1, -0.05) is 0 Å². The highest BCUT2D eigenvalue weighted by Gasteiger charge is 2.14. The molecule has 0 fully saturated rings. The third kappa shape index (κ3) is 5.50. The van der Waals surface area contributed by atoms with Crippen molar-refractivity contribution in [1.29, 1.82) is 0 Å². The Morgan fingerprint density at radius 3 is 2.39 bits per heavy atom. The second kappa shape index (κ2) is 8.62. The van der Waals surface area contributed by atoms with Crippen LogP contribution in [0.5, 0.6) is 11.5 Å². The summed E-state index contributed by atoms with van der Waals surface area (Å²) in [6, 6.07) is 4.65. The average Bonchev–Trinajstić information content (AvgIpc) is 2.56. The molecular formula is C15H20N2O6. The Bertz CT molecular complexity index is 587. The van der Waals surface area contributed by atoms with Crippen LogP contribution in [0.2, 0.25) is 0 Å². The van der Waals surface area contributed by atoms with Gasteiger partial charge in [0.1, 0.15) is 0 Å². The molecule has 2 N–H and O–H groups in total. The zero-order valence-electron chi connectivity index (χ0n) is 13.3. The highest BCUT2D eigenvalue weighted by molar-refractivity contribution is 5.97. The van der Waals surface area contributed by atoms with Crippen LogP contribution in [-0.2, 0) is 9.59 Å². The minimum Gasteiger partial charge on any atom is -0.493 e. The van der Waals surface area contributed by atoms with Crippen molar-refractivity contribution in [2.45, 2.75) is 6.42 Å². The molecule has 0 radical (unpaired) electrons. The largest absolute Gasteiger partial charge is 0.493 e. The Labute approximate surface area is 134 Å². The molecule has 8 nitrogen and oxygen atoms in total. The van der Waals surface area contributed by atoms with Crippen molar-refractivity contribution in [2.75, 3.05) is 34.4 Å². The van der Waals surface area contributed by atoms with Crippen LogP contribution < -0.4 is 14.8 Å². The number of amides is 2. The molecule has 0 aliphatic carbocycles. The van der Waals surface area contributed by atoms with Gasteiger partial charge in [0, 0.05) is 19.2 Å². The van der Waals surface area contributed by atoms with Crippen molar-refractivity contribution in [3.05, 3.63) is 23.8 Å². The Morgan fingerprint density at radius 1 is 1.17 bits per heavy atom. The van der Waals surface area contributed by atoms with E-state index in [0.717, 1.165) is 0 Å². The summed E-state index contributed by atoms with van der Waals surface area (Å²) < 4.78 is 10.2. The number of aliphatic carboxylic acids is 1. The Morgan fingerprint density at radius 2 is 1.83 bits per heavy atom. The van der Waals surface area contributed by atoms with Crippen LogP contribution >= 0.6 is 0 Å². The summed E-state index contributed by atoms with van der Waals surface area (Å²) in [6.07, 6.45) is -0.147. The van der Waals surface area contributed by atoms with Crippen LogP contribution in [0.15, 0.2) is 18.2 Å². The molecule has 0 saturated carbocycles. The zero-order valence-corrected chi connectivity index (χ0v) is 13.3. The minimum absolute atomic E-state index is 0.0837. The monoisotopic (exact) mass is 324 g/mol. The van der Waals surface area contributed by atoms with Crippen molar-refractivity contribution in [3.8, 4) is 11.5 Å². The van der Waals surface area contributed by atoms with E-state index in [1.54, 1.807) is 12.1 Å². The lowest BCUT2D eigenvalue weighted by atomic mass is 10.2. The SMILES string of the molecule is COc1ccc(C(=O)NCC(=O)N(C)CCC(=O)O)cc1OC. The summed E-state index contributed by atoms with van der Waals surface area (Å²) in [5, 5.41) is 11.1. The molecule has 1 aromatic rings. The lowest BCUT2D eigenvalue weighted by molar-refractivity contribution is -0.138. The fourth-order valence-corrected chi connectivity index (χ4v) is 1.76. The topological polar surface area (TPSA) is 105 Å². The van der Waals surface area contributed by atoms with E-state index >= 15 is 0 Å². The molecule has 0 aromatic heterocycles.